The number of nitrogens with zero attached hydrogens (tertiary/aromatic N) is 1. The molecule has 3 rings (SSSR count). The van der Waals surface area contributed by atoms with Crippen LogP contribution in [0.5, 0.6) is 0 Å². The van der Waals surface area contributed by atoms with Crippen LogP contribution in [-0.2, 0) is 38.2 Å². The molecule has 1 saturated carbocycles. The molecule has 12 heteroatoms. The first-order valence-corrected chi connectivity index (χ1v) is 23.3. The van der Waals surface area contributed by atoms with Crippen molar-refractivity contribution in [2.75, 3.05) is 20.8 Å². The lowest BCUT2D eigenvalue weighted by molar-refractivity contribution is -0.263. The van der Waals surface area contributed by atoms with Crippen LogP contribution in [0.2, 0.25) is 0 Å². The summed E-state index contributed by atoms with van der Waals surface area (Å²) in [5.41, 5.74) is 1.61. The van der Waals surface area contributed by atoms with Crippen LogP contribution >= 0.6 is 0 Å². The molecular weight excluding hydrogens is 791 g/mol. The summed E-state index contributed by atoms with van der Waals surface area (Å²) < 4.78 is 17.0. The predicted molar refractivity (Wildman–Crippen MR) is 240 cm³/mol. The highest BCUT2D eigenvalue weighted by molar-refractivity contribution is 6.39. The van der Waals surface area contributed by atoms with Crippen LogP contribution < -0.4 is 0 Å². The van der Waals surface area contributed by atoms with Crippen molar-refractivity contribution < 1.29 is 53.5 Å². The molecule has 3 N–H and O–H groups in total. The molecular formula is C50H79NO11. The number of carboxylic acids is 1. The smallest absolute Gasteiger partial charge is 0.326 e. The summed E-state index contributed by atoms with van der Waals surface area (Å²) >= 11 is 0. The maximum atomic E-state index is 13.5. The highest BCUT2D eigenvalue weighted by atomic mass is 16.6. The molecule has 0 bridgehead atoms. The van der Waals surface area contributed by atoms with E-state index in [1.807, 2.05) is 58.1 Å². The summed E-state index contributed by atoms with van der Waals surface area (Å²) in [6.07, 6.45) is 20.7. The minimum absolute atomic E-state index is 0.0682. The van der Waals surface area contributed by atoms with Crippen molar-refractivity contribution in [3.8, 4) is 0 Å². The number of carbonyl (C=O) groups excluding carboxylic acids is 4. The lowest BCUT2D eigenvalue weighted by Gasteiger charge is -2.42. The number of hydrogen-bond donors (Lipinski definition) is 3. The molecule has 0 aromatic rings. The Morgan fingerprint density at radius 1 is 0.919 bits per heavy atom. The first-order valence-electron chi connectivity index (χ1n) is 23.3. The van der Waals surface area contributed by atoms with E-state index in [0.717, 1.165) is 36.2 Å². The van der Waals surface area contributed by atoms with Crippen LogP contribution in [0.4, 0.5) is 0 Å². The van der Waals surface area contributed by atoms with Crippen molar-refractivity contribution in [2.24, 2.45) is 35.5 Å². The standard InChI is InChI=1S/C50H79NO11/c1-32(21-24-40-25-23-38(7)50(59,62-40)47(55)48(56)51-27-14-13-20-42(51)49(57)58)16-11-10-12-17-33(2)28-36(5)44(53)46(61-9)45(54)37(6)30-35(4)43(52)26-22-34(3)29-39-18-15-19-41(31-39)60-8/h10-12,16-17,30,33-36,38-42,45-46,54,59H,13-15,18-29,31H2,1-9H3,(H,57,58)/b11-10+,17-12+,32-16+,37-30+/t33-,34+,35-,36?,38-,39?,40-,41+,42?,45+,46+,50-/m1/s1. The quantitative estimate of drug-likeness (QED) is 0.0485. The van der Waals surface area contributed by atoms with Gasteiger partial charge in [0.05, 0.1) is 12.2 Å². The summed E-state index contributed by atoms with van der Waals surface area (Å²) in [4.78, 5) is 65.8. The number of amides is 1. The first-order chi connectivity index (χ1) is 29.3. The number of methoxy groups -OCH3 is 2. The highest BCUT2D eigenvalue weighted by Crippen LogP contribution is 2.36. The molecule has 0 aromatic carbocycles. The zero-order valence-corrected chi connectivity index (χ0v) is 39.2. The Morgan fingerprint density at radius 3 is 2.32 bits per heavy atom. The van der Waals surface area contributed by atoms with Crippen molar-refractivity contribution in [1.82, 2.24) is 4.90 Å². The van der Waals surface area contributed by atoms with Crippen molar-refractivity contribution in [3.63, 3.8) is 0 Å². The van der Waals surface area contributed by atoms with E-state index >= 15 is 0 Å². The summed E-state index contributed by atoms with van der Waals surface area (Å²) in [7, 11) is 3.22. The molecule has 12 atom stereocenters. The lowest BCUT2D eigenvalue weighted by Crippen LogP contribution is -2.60. The van der Waals surface area contributed by atoms with Crippen molar-refractivity contribution in [2.45, 2.75) is 181 Å². The Morgan fingerprint density at radius 2 is 1.65 bits per heavy atom. The minimum atomic E-state index is -2.30. The van der Waals surface area contributed by atoms with Gasteiger partial charge in [0.2, 0.25) is 5.79 Å². The Balaban J connectivity index is 1.44. The van der Waals surface area contributed by atoms with E-state index in [9.17, 15) is 39.3 Å². The Kier molecular flexibility index (Phi) is 22.1. The number of aliphatic carboxylic acids is 1. The number of rotatable bonds is 24. The number of carboxylic acid groups (broad SMARTS) is 1. The van der Waals surface area contributed by atoms with E-state index in [1.54, 1.807) is 27.0 Å². The predicted octanol–water partition coefficient (Wildman–Crippen LogP) is 8.13. The molecule has 0 radical (unpaired) electrons. The fraction of sp³-hybridized carbons (Fsp3) is 0.740. The topological polar surface area (TPSA) is 177 Å². The van der Waals surface area contributed by atoms with Crippen LogP contribution in [0.15, 0.2) is 47.6 Å². The number of hydrogen-bond acceptors (Lipinski definition) is 10. The molecule has 3 fully saturated rings. The summed E-state index contributed by atoms with van der Waals surface area (Å²) in [5.74, 6) is -5.82. The van der Waals surface area contributed by atoms with Crippen molar-refractivity contribution in [3.05, 3.63) is 47.6 Å². The van der Waals surface area contributed by atoms with Gasteiger partial charge in [-0.25, -0.2) is 4.79 Å². The van der Waals surface area contributed by atoms with Gasteiger partial charge in [-0.15, -0.1) is 0 Å². The number of ketones is 3. The molecule has 62 heavy (non-hydrogen) atoms. The van der Waals surface area contributed by atoms with Crippen LogP contribution in [0.25, 0.3) is 0 Å². The number of ether oxygens (including phenoxy) is 3. The molecule has 2 aliphatic heterocycles. The second kappa shape index (κ2) is 25.9. The van der Waals surface area contributed by atoms with E-state index in [1.165, 1.54) is 20.0 Å². The third kappa shape index (κ3) is 15.8. The minimum Gasteiger partial charge on any atom is -0.480 e. The number of piperidine rings is 1. The fourth-order valence-corrected chi connectivity index (χ4v) is 9.50. The van der Waals surface area contributed by atoms with Crippen molar-refractivity contribution in [1.29, 1.82) is 0 Å². The van der Waals surface area contributed by atoms with Crippen LogP contribution in [0, 0.1) is 35.5 Å². The van der Waals surface area contributed by atoms with Gasteiger partial charge in [0.15, 0.2) is 5.78 Å². The maximum absolute atomic E-state index is 13.5. The number of Topliss-reactive ketones (excluding diaryl/α,β-unsaturated/α-hetero) is 3. The Bertz CT molecular complexity index is 1620. The average Bonchev–Trinajstić information content (AvgIpc) is 3.25. The summed E-state index contributed by atoms with van der Waals surface area (Å²) in [6.45, 7) is 13.5. The lowest BCUT2D eigenvalue weighted by atomic mass is 9.80. The molecule has 0 aromatic heterocycles. The Labute approximate surface area is 371 Å². The molecule has 1 amide bonds. The van der Waals surface area contributed by atoms with Gasteiger partial charge in [-0.05, 0) is 114 Å². The summed E-state index contributed by atoms with van der Waals surface area (Å²) in [5, 5.41) is 32.1. The van der Waals surface area contributed by atoms with Gasteiger partial charge in [0, 0.05) is 44.9 Å². The van der Waals surface area contributed by atoms with Gasteiger partial charge in [0.1, 0.15) is 24.0 Å². The zero-order chi connectivity index (χ0) is 46.1. The first kappa shape index (κ1) is 53.1. The van der Waals surface area contributed by atoms with E-state index in [2.05, 4.69) is 6.92 Å². The van der Waals surface area contributed by atoms with E-state index in [-0.39, 0.29) is 42.3 Å². The van der Waals surface area contributed by atoms with Gasteiger partial charge >= 0.3 is 5.97 Å². The third-order valence-electron chi connectivity index (χ3n) is 13.6. The Hall–Kier alpha value is -3.29. The molecule has 3 aliphatic rings. The molecule has 350 valence electrons. The number of aliphatic hydroxyl groups is 2. The number of allylic oxidation sites excluding steroid dienone is 7. The zero-order valence-electron chi connectivity index (χ0n) is 39.2. The molecule has 2 heterocycles. The molecule has 1 aliphatic carbocycles. The van der Waals surface area contributed by atoms with Crippen LogP contribution in [0.3, 0.4) is 0 Å². The third-order valence-corrected chi connectivity index (χ3v) is 13.6. The monoisotopic (exact) mass is 870 g/mol. The molecule has 0 spiro atoms. The maximum Gasteiger partial charge on any atom is 0.326 e. The highest BCUT2D eigenvalue weighted by Gasteiger charge is 2.52. The van der Waals surface area contributed by atoms with Gasteiger partial charge in [0.25, 0.3) is 11.7 Å². The molecule has 3 unspecified atom stereocenters. The van der Waals surface area contributed by atoms with Crippen molar-refractivity contribution >= 4 is 29.2 Å². The number of aliphatic hydroxyl groups excluding tert-OH is 1. The molecule has 2 saturated heterocycles. The van der Waals surface area contributed by atoms with Gasteiger partial charge in [-0.2, -0.15) is 0 Å². The van der Waals surface area contributed by atoms with E-state index in [4.69, 9.17) is 14.2 Å². The average molecular weight is 870 g/mol. The van der Waals surface area contributed by atoms with Gasteiger partial charge in [-0.1, -0.05) is 89.5 Å². The van der Waals surface area contributed by atoms with Gasteiger partial charge < -0.3 is 34.4 Å². The largest absolute Gasteiger partial charge is 0.480 e. The van der Waals surface area contributed by atoms with Crippen LogP contribution in [-0.4, -0.2) is 106 Å². The van der Waals surface area contributed by atoms with E-state index < -0.39 is 53.7 Å². The molecule has 12 nitrogen and oxygen atoms in total. The second-order valence-electron chi connectivity index (χ2n) is 19.0. The normalized spacial score (nSPS) is 28.3. The van der Waals surface area contributed by atoms with Gasteiger partial charge in [-0.3, -0.25) is 19.2 Å². The summed E-state index contributed by atoms with van der Waals surface area (Å²) in [6, 6.07) is -1.09. The fourth-order valence-electron chi connectivity index (χ4n) is 9.50. The SMILES string of the molecule is CO[C@H]1CCCC(C[C@@H](C)CCC(=O)[C@H](C)/C=C(\C)[C@H](O)[C@@H](OC)C(=O)C(C)C[C@H](C)/C=C/C=C/C=C(\C)CC[C@@H]2CC[C@@H](C)[C@](O)(C(=O)C(=O)N3CCCCC3C(=O)O)O2)C1. The number of likely N-dealkylation sites (tertiary alicyclic amines) is 1. The second-order valence-corrected chi connectivity index (χ2v) is 19.0. The number of carbonyl (C=O) groups is 5. The van der Waals surface area contributed by atoms with Crippen LogP contribution in [0.1, 0.15) is 145 Å². The van der Waals surface area contributed by atoms with E-state index in [0.29, 0.717) is 74.9 Å².